The maximum atomic E-state index is 12.5. The SMILES string of the molecule is C.CC#CC(C)=O.CC(Nc1nc(Cl)ncc1Br)C1CCN(C(=O)OC(C)(C)C)CC1.CCOC(=O)c1c(C)n(C(C)C2CCCCC2)c2nc(Cl)ncc12.CCOC(=O)c1c(C)n(C(C)C2CCCCC2)c2ncncc12. The molecule has 2 aliphatic carbocycles. The second kappa shape index (κ2) is 30.8. The average Bonchev–Trinajstić information content (AvgIpc) is 3.90. The van der Waals surface area contributed by atoms with E-state index in [1.165, 1.54) is 71.1 Å². The summed E-state index contributed by atoms with van der Waals surface area (Å²) in [5.74, 6) is 6.49. The normalized spacial score (nSPS) is 16.2. The van der Waals surface area contributed by atoms with Gasteiger partial charge in [-0.1, -0.05) is 51.9 Å². The second-order valence-electron chi connectivity index (χ2n) is 21.0. The van der Waals surface area contributed by atoms with Gasteiger partial charge in [-0.25, -0.2) is 34.3 Å². The summed E-state index contributed by atoms with van der Waals surface area (Å²) in [6.45, 7) is 25.0. The van der Waals surface area contributed by atoms with Gasteiger partial charge >= 0.3 is 18.0 Å². The van der Waals surface area contributed by atoms with Crippen molar-refractivity contribution in [3.05, 3.63) is 62.5 Å². The van der Waals surface area contributed by atoms with Crippen molar-refractivity contribution in [1.29, 1.82) is 0 Å². The number of aromatic nitrogens is 8. The first-order chi connectivity index (χ1) is 36.6. The number of hydrogen-bond acceptors (Lipinski definition) is 14. The number of amides is 1. The first-order valence-corrected chi connectivity index (χ1v) is 28.7. The molecule has 0 radical (unpaired) electrons. The zero-order chi connectivity index (χ0) is 56.6. The van der Waals surface area contributed by atoms with Gasteiger partial charge in [-0.05, 0) is 177 Å². The van der Waals surface area contributed by atoms with Crippen LogP contribution >= 0.6 is 39.1 Å². The molecule has 0 aromatic carbocycles. The summed E-state index contributed by atoms with van der Waals surface area (Å²) in [7, 11) is 0. The highest BCUT2D eigenvalue weighted by Gasteiger charge is 2.32. The number of Topliss-reactive ketones (excluding diaryl/α,β-unsaturated/α-hetero) is 1. The number of nitrogens with zero attached hydrogens (tertiary/aromatic N) is 9. The smallest absolute Gasteiger partial charge is 0.410 e. The van der Waals surface area contributed by atoms with E-state index in [4.69, 9.17) is 37.4 Å². The van der Waals surface area contributed by atoms with Crippen LogP contribution in [0.25, 0.3) is 22.1 Å². The number of nitrogens with one attached hydrogen (secondary N) is 1. The van der Waals surface area contributed by atoms with Crippen molar-refractivity contribution >= 4 is 90.8 Å². The van der Waals surface area contributed by atoms with Crippen LogP contribution in [0.15, 0.2) is 29.4 Å². The topological polar surface area (TPSA) is 198 Å². The Morgan fingerprint density at radius 1 is 0.731 bits per heavy atom. The fraction of sp³-hybridized carbons (Fsp3) is 0.621. The highest BCUT2D eigenvalue weighted by atomic mass is 79.9. The Balaban J connectivity index is 0.000000238. The molecule has 5 aromatic rings. The third kappa shape index (κ3) is 17.6. The van der Waals surface area contributed by atoms with Gasteiger partial charge in [-0.2, -0.15) is 9.97 Å². The molecule has 3 aliphatic rings. The number of halogens is 3. The molecule has 3 unspecified atom stereocenters. The minimum atomic E-state index is -0.457. The zero-order valence-electron chi connectivity index (χ0n) is 47.1. The highest BCUT2D eigenvalue weighted by Crippen LogP contribution is 2.39. The molecule has 78 heavy (non-hydrogen) atoms. The Labute approximate surface area is 480 Å². The molecule has 8 rings (SSSR count). The van der Waals surface area contributed by atoms with Crippen molar-refractivity contribution in [1.82, 2.24) is 43.9 Å². The second-order valence-corrected chi connectivity index (χ2v) is 22.6. The van der Waals surface area contributed by atoms with Gasteiger partial charge in [0.15, 0.2) is 0 Å². The monoisotopic (exact) mass is 1180 g/mol. The maximum Gasteiger partial charge on any atom is 0.410 e. The number of fused-ring (bicyclic) bond motifs is 2. The van der Waals surface area contributed by atoms with E-state index in [1.54, 1.807) is 36.7 Å². The van der Waals surface area contributed by atoms with E-state index in [-0.39, 0.29) is 53.9 Å². The minimum absolute atomic E-state index is 0. The molecule has 3 atom stereocenters. The van der Waals surface area contributed by atoms with Crippen molar-refractivity contribution < 1.29 is 33.4 Å². The van der Waals surface area contributed by atoms with Gasteiger partial charge in [-0.15, -0.1) is 0 Å². The fourth-order valence-electron chi connectivity index (χ4n) is 10.8. The number of hydrogen-bond donors (Lipinski definition) is 1. The lowest BCUT2D eigenvalue weighted by atomic mass is 9.84. The van der Waals surface area contributed by atoms with E-state index in [0.29, 0.717) is 67.0 Å². The third-order valence-corrected chi connectivity index (χ3v) is 15.5. The molecule has 0 spiro atoms. The van der Waals surface area contributed by atoms with Crippen molar-refractivity contribution in [3.8, 4) is 11.8 Å². The van der Waals surface area contributed by atoms with Crippen LogP contribution < -0.4 is 5.32 Å². The average molecular weight is 1180 g/mol. The summed E-state index contributed by atoms with van der Waals surface area (Å²) in [6, 6.07) is 0.811. The quantitative estimate of drug-likeness (QED) is 0.0431. The number of piperidine rings is 1. The van der Waals surface area contributed by atoms with Crippen molar-refractivity contribution in [2.45, 2.75) is 191 Å². The van der Waals surface area contributed by atoms with Gasteiger partial charge in [0.1, 0.15) is 29.0 Å². The van der Waals surface area contributed by atoms with Crippen LogP contribution in [0, 0.1) is 43.4 Å². The van der Waals surface area contributed by atoms with Gasteiger partial charge < -0.3 is 33.6 Å². The van der Waals surface area contributed by atoms with Crippen molar-refractivity contribution in [3.63, 3.8) is 0 Å². The largest absolute Gasteiger partial charge is 0.462 e. The fourth-order valence-corrected chi connectivity index (χ4v) is 11.4. The predicted octanol–water partition coefficient (Wildman–Crippen LogP) is 14.3. The van der Waals surface area contributed by atoms with E-state index >= 15 is 0 Å². The molecular weight excluding hydrogens is 1100 g/mol. The first-order valence-electron chi connectivity index (χ1n) is 27.2. The van der Waals surface area contributed by atoms with Crippen LogP contribution in [0.1, 0.15) is 198 Å². The molecule has 2 saturated carbocycles. The summed E-state index contributed by atoms with van der Waals surface area (Å²) in [4.78, 5) is 73.8. The summed E-state index contributed by atoms with van der Waals surface area (Å²) < 4.78 is 21.1. The Morgan fingerprint density at radius 3 is 1.69 bits per heavy atom. The molecule has 0 bridgehead atoms. The lowest BCUT2D eigenvalue weighted by molar-refractivity contribution is -0.111. The van der Waals surface area contributed by atoms with Crippen LogP contribution in [0.2, 0.25) is 10.6 Å². The Hall–Kier alpha value is -5.38. The van der Waals surface area contributed by atoms with E-state index in [0.717, 1.165) is 50.8 Å². The Morgan fingerprint density at radius 2 is 1.22 bits per heavy atom. The molecule has 5 aromatic heterocycles. The number of esters is 2. The molecule has 1 aliphatic heterocycles. The number of rotatable bonds is 11. The molecular formula is C58H83BrCl2N10O7. The molecule has 6 heterocycles. The lowest BCUT2D eigenvalue weighted by Gasteiger charge is -2.36. The van der Waals surface area contributed by atoms with E-state index in [2.05, 4.69) is 92.9 Å². The number of ether oxygens (including phenoxy) is 3. The number of carbonyl (C=O) groups excluding carboxylic acids is 4. The molecule has 20 heteroatoms. The zero-order valence-corrected chi connectivity index (χ0v) is 50.2. The number of likely N-dealkylation sites (tertiary alicyclic amines) is 1. The van der Waals surface area contributed by atoms with Crippen LogP contribution in [0.5, 0.6) is 0 Å². The number of anilines is 1. The summed E-state index contributed by atoms with van der Waals surface area (Å²) >= 11 is 15.3. The van der Waals surface area contributed by atoms with Gasteiger partial charge in [0, 0.05) is 68.1 Å². The number of carbonyl (C=O) groups is 4. The molecule has 17 nitrogen and oxygen atoms in total. The van der Waals surface area contributed by atoms with Crippen LogP contribution in [-0.4, -0.2) is 106 Å². The van der Waals surface area contributed by atoms with E-state index < -0.39 is 5.60 Å². The summed E-state index contributed by atoms with van der Waals surface area (Å²) in [6.07, 6.45) is 20.9. The lowest BCUT2D eigenvalue weighted by Crippen LogP contribution is -2.44. The van der Waals surface area contributed by atoms with Crippen LogP contribution in [0.4, 0.5) is 10.6 Å². The van der Waals surface area contributed by atoms with Gasteiger partial charge in [-0.3, -0.25) is 4.79 Å². The Kier molecular flexibility index (Phi) is 25.8. The van der Waals surface area contributed by atoms with Gasteiger partial charge in [0.2, 0.25) is 16.4 Å². The van der Waals surface area contributed by atoms with Crippen molar-refractivity contribution in [2.24, 2.45) is 17.8 Å². The molecule has 1 saturated heterocycles. The van der Waals surface area contributed by atoms with E-state index in [1.807, 2.05) is 48.5 Å². The molecule has 1 N–H and O–H groups in total. The molecule has 1 amide bonds. The molecule has 3 fully saturated rings. The highest BCUT2D eigenvalue weighted by molar-refractivity contribution is 9.10. The van der Waals surface area contributed by atoms with E-state index in [9.17, 15) is 19.2 Å². The summed E-state index contributed by atoms with van der Waals surface area (Å²) in [5.41, 5.74) is 4.13. The maximum absolute atomic E-state index is 12.5. The minimum Gasteiger partial charge on any atom is -0.462 e. The van der Waals surface area contributed by atoms with Gasteiger partial charge in [0.25, 0.3) is 0 Å². The van der Waals surface area contributed by atoms with Crippen LogP contribution in [-0.2, 0) is 19.0 Å². The Bertz CT molecular complexity index is 2860. The summed E-state index contributed by atoms with van der Waals surface area (Å²) in [5, 5.41) is 5.32. The molecule has 428 valence electrons. The van der Waals surface area contributed by atoms with Gasteiger partial charge in [0.05, 0.1) is 39.6 Å². The first kappa shape index (κ1) is 65.1. The number of ketones is 1. The van der Waals surface area contributed by atoms with Crippen molar-refractivity contribution in [2.75, 3.05) is 31.6 Å². The third-order valence-electron chi connectivity index (χ3n) is 14.6. The standard InChI is InChI=1S/C18H24ClN3O2.C18H25N3O2.C16H24BrClN4O2.C5H6O.CH4/c1-4-24-17(23)15-12(3)22(11(2)13-8-6-5-7-9-13)16-14(15)10-20-18(19)21-16;1-4-23-18(22)16-13(3)21(17-15(16)10-19-11-20-17)12(2)14-8-6-5-7-9-14;1-10(20-13-12(17)9-19-14(18)21-13)11-5-7-22(8-6-11)15(23)24-16(2,3)4;1-3-4-5(2)6;/h10-11,13H,4-9H2,1-3H3;10-12,14H,4-9H2,1-3H3;9-11H,5-8H2,1-4H3,(H,19,20,21);1-2H3;1H4. The predicted molar refractivity (Wildman–Crippen MR) is 313 cm³/mol. The van der Waals surface area contributed by atoms with Crippen LogP contribution in [0.3, 0.4) is 0 Å².